The number of nitrogens with one attached hydrogen (secondary N) is 1. The maximum atomic E-state index is 12.9. The summed E-state index contributed by atoms with van der Waals surface area (Å²) in [6.07, 6.45) is 9.50. The zero-order valence-electron chi connectivity index (χ0n) is 15.4. The number of fused-ring (bicyclic) bond motifs is 1. The molecular formula is C21H25N3O3. The molecule has 2 heterocycles. The lowest BCUT2D eigenvalue weighted by molar-refractivity contribution is -0.139. The summed E-state index contributed by atoms with van der Waals surface area (Å²) in [6.45, 7) is 1.55. The second kappa shape index (κ2) is 7.55. The van der Waals surface area contributed by atoms with E-state index in [0.29, 0.717) is 24.1 Å². The maximum absolute atomic E-state index is 12.9. The van der Waals surface area contributed by atoms with Crippen LogP contribution in [0.1, 0.15) is 48.9 Å². The predicted octanol–water partition coefficient (Wildman–Crippen LogP) is 2.66. The number of nitrogens with zero attached hydrogens (tertiary/aromatic N) is 2. The lowest BCUT2D eigenvalue weighted by Gasteiger charge is -2.38. The van der Waals surface area contributed by atoms with Gasteiger partial charge in [-0.2, -0.15) is 0 Å². The van der Waals surface area contributed by atoms with E-state index in [2.05, 4.69) is 5.43 Å². The highest BCUT2D eigenvalue weighted by molar-refractivity contribution is 6.05. The monoisotopic (exact) mass is 367 g/mol. The van der Waals surface area contributed by atoms with E-state index in [9.17, 15) is 14.4 Å². The van der Waals surface area contributed by atoms with Gasteiger partial charge in [0.05, 0.1) is 17.5 Å². The van der Waals surface area contributed by atoms with Crippen LogP contribution in [-0.2, 0) is 9.59 Å². The Morgan fingerprint density at radius 3 is 2.41 bits per heavy atom. The molecule has 27 heavy (non-hydrogen) atoms. The van der Waals surface area contributed by atoms with E-state index >= 15 is 0 Å². The number of benzene rings is 1. The number of amides is 3. The molecule has 1 aliphatic carbocycles. The summed E-state index contributed by atoms with van der Waals surface area (Å²) < 4.78 is 0. The molecule has 0 radical (unpaired) electrons. The molecule has 2 aliphatic heterocycles. The fourth-order valence-electron chi connectivity index (χ4n) is 4.22. The minimum absolute atomic E-state index is 0.00647. The van der Waals surface area contributed by atoms with Crippen molar-refractivity contribution in [1.82, 2.24) is 10.3 Å². The Hall–Kier alpha value is -2.63. The fourth-order valence-corrected chi connectivity index (χ4v) is 4.22. The van der Waals surface area contributed by atoms with Crippen LogP contribution in [0.5, 0.6) is 0 Å². The number of carbonyl (C=O) groups is 3. The lowest BCUT2D eigenvalue weighted by Crippen LogP contribution is -2.59. The highest BCUT2D eigenvalue weighted by atomic mass is 16.2. The van der Waals surface area contributed by atoms with Crippen LogP contribution in [0.4, 0.5) is 5.69 Å². The molecule has 0 bridgehead atoms. The van der Waals surface area contributed by atoms with Crippen molar-refractivity contribution in [3.05, 3.63) is 42.0 Å². The summed E-state index contributed by atoms with van der Waals surface area (Å²) in [6, 6.07) is 7.02. The summed E-state index contributed by atoms with van der Waals surface area (Å²) in [4.78, 5) is 40.1. The Morgan fingerprint density at radius 1 is 0.963 bits per heavy atom. The number of hydrogen-bond acceptors (Lipinski definition) is 3. The third-order valence-electron chi connectivity index (χ3n) is 5.77. The Bertz CT molecular complexity index is 781. The largest absolute Gasteiger partial charge is 0.339 e. The topological polar surface area (TPSA) is 69.7 Å². The van der Waals surface area contributed by atoms with E-state index in [1.807, 2.05) is 17.1 Å². The van der Waals surface area contributed by atoms with Gasteiger partial charge in [-0.3, -0.25) is 19.8 Å². The molecule has 0 saturated carbocycles. The second-order valence-corrected chi connectivity index (χ2v) is 7.56. The number of anilines is 1. The Labute approximate surface area is 159 Å². The summed E-state index contributed by atoms with van der Waals surface area (Å²) in [7, 11) is 0. The summed E-state index contributed by atoms with van der Waals surface area (Å²) in [5.74, 6) is -0.862. The van der Waals surface area contributed by atoms with Crippen LogP contribution in [0.2, 0.25) is 0 Å². The van der Waals surface area contributed by atoms with Crippen molar-refractivity contribution in [1.29, 1.82) is 0 Å². The Morgan fingerprint density at radius 2 is 1.67 bits per heavy atom. The van der Waals surface area contributed by atoms with Gasteiger partial charge >= 0.3 is 0 Å². The molecule has 4 rings (SSSR count). The first-order chi connectivity index (χ1) is 13.1. The Kier molecular flexibility index (Phi) is 4.97. The highest BCUT2D eigenvalue weighted by Gasteiger charge is 2.42. The van der Waals surface area contributed by atoms with E-state index in [1.54, 1.807) is 24.3 Å². The van der Waals surface area contributed by atoms with Crippen molar-refractivity contribution >= 4 is 23.4 Å². The van der Waals surface area contributed by atoms with Gasteiger partial charge < -0.3 is 4.90 Å². The molecule has 0 aromatic heterocycles. The smallest absolute Gasteiger partial charge is 0.253 e. The number of likely N-dealkylation sites (tertiary alicyclic amines) is 1. The molecule has 2 saturated heterocycles. The van der Waals surface area contributed by atoms with Gasteiger partial charge in [0, 0.05) is 18.7 Å². The zero-order chi connectivity index (χ0) is 18.8. The van der Waals surface area contributed by atoms with Crippen molar-refractivity contribution in [3.8, 4) is 0 Å². The van der Waals surface area contributed by atoms with Crippen molar-refractivity contribution in [2.45, 2.75) is 38.5 Å². The number of hydrogen-bond donors (Lipinski definition) is 1. The van der Waals surface area contributed by atoms with Crippen LogP contribution in [0.15, 0.2) is 36.4 Å². The van der Waals surface area contributed by atoms with Crippen molar-refractivity contribution in [2.75, 3.05) is 18.1 Å². The number of carbonyl (C=O) groups excluding carboxylic acids is 3. The van der Waals surface area contributed by atoms with Crippen LogP contribution in [0.3, 0.4) is 0 Å². The minimum Gasteiger partial charge on any atom is -0.339 e. The first-order valence-electron chi connectivity index (χ1n) is 9.84. The fraction of sp³-hybridized carbons (Fsp3) is 0.476. The molecule has 0 spiro atoms. The van der Waals surface area contributed by atoms with Gasteiger partial charge in [-0.25, -0.2) is 5.01 Å². The van der Waals surface area contributed by atoms with Gasteiger partial charge in [0.1, 0.15) is 0 Å². The minimum atomic E-state index is -0.325. The van der Waals surface area contributed by atoms with Crippen LogP contribution in [0.25, 0.3) is 0 Å². The molecule has 0 unspecified atom stereocenters. The van der Waals surface area contributed by atoms with Gasteiger partial charge in [-0.1, -0.05) is 31.1 Å². The molecule has 142 valence electrons. The van der Waals surface area contributed by atoms with Crippen molar-refractivity contribution in [3.63, 3.8) is 0 Å². The molecule has 2 atom stereocenters. The van der Waals surface area contributed by atoms with Crippen LogP contribution >= 0.6 is 0 Å². The third-order valence-corrected chi connectivity index (χ3v) is 5.77. The lowest BCUT2D eigenvalue weighted by atomic mass is 9.80. The van der Waals surface area contributed by atoms with E-state index in [1.165, 1.54) is 5.01 Å². The molecular weight excluding hydrogens is 342 g/mol. The first kappa shape index (κ1) is 17.8. The average Bonchev–Trinajstić information content (AvgIpc) is 3.00. The number of hydrazine groups is 1. The zero-order valence-corrected chi connectivity index (χ0v) is 15.4. The quantitative estimate of drug-likeness (QED) is 0.817. The first-order valence-corrected chi connectivity index (χ1v) is 9.84. The van der Waals surface area contributed by atoms with Gasteiger partial charge in [0.2, 0.25) is 11.8 Å². The van der Waals surface area contributed by atoms with E-state index in [0.717, 1.165) is 38.8 Å². The van der Waals surface area contributed by atoms with Crippen molar-refractivity contribution in [2.24, 2.45) is 11.8 Å². The molecule has 6 nitrogen and oxygen atoms in total. The highest BCUT2D eigenvalue weighted by Crippen LogP contribution is 2.32. The van der Waals surface area contributed by atoms with E-state index in [4.69, 9.17) is 0 Å². The van der Waals surface area contributed by atoms with Gasteiger partial charge in [0.15, 0.2) is 0 Å². The summed E-state index contributed by atoms with van der Waals surface area (Å²) in [5, 5.41) is 1.32. The molecule has 1 N–H and O–H groups in total. The Balaban J connectivity index is 1.56. The predicted molar refractivity (Wildman–Crippen MR) is 102 cm³/mol. The number of rotatable bonds is 2. The molecule has 6 heteroatoms. The average molecular weight is 367 g/mol. The van der Waals surface area contributed by atoms with Gasteiger partial charge in [0.25, 0.3) is 5.91 Å². The molecule has 3 aliphatic rings. The standard InChI is InChI=1S/C21H25N3O3/c25-19-17-10-3-4-11-18(17)21(27)24(22-19)16-9-7-8-15(14-16)20(26)23-12-5-1-2-6-13-23/h3-4,7-9,14,17-18H,1-2,5-6,10-13H2,(H,22,25)/t17-,18+/m0/s1. The van der Waals surface area contributed by atoms with E-state index < -0.39 is 0 Å². The third kappa shape index (κ3) is 3.48. The molecule has 1 aromatic rings. The maximum Gasteiger partial charge on any atom is 0.253 e. The van der Waals surface area contributed by atoms with E-state index in [-0.39, 0.29) is 29.6 Å². The van der Waals surface area contributed by atoms with Crippen LogP contribution < -0.4 is 10.4 Å². The molecule has 2 fully saturated rings. The normalized spacial score (nSPS) is 25.6. The molecule has 1 aromatic carbocycles. The second-order valence-electron chi connectivity index (χ2n) is 7.56. The van der Waals surface area contributed by atoms with Crippen LogP contribution in [-0.4, -0.2) is 35.7 Å². The molecule has 3 amide bonds. The van der Waals surface area contributed by atoms with Gasteiger partial charge in [-0.15, -0.1) is 0 Å². The summed E-state index contributed by atoms with van der Waals surface area (Å²) >= 11 is 0. The van der Waals surface area contributed by atoms with Crippen LogP contribution in [0, 0.1) is 11.8 Å². The SMILES string of the molecule is O=C1NN(c2cccc(C(=O)N3CCCCCC3)c2)C(=O)[C@@H]2CC=CC[C@H]12. The van der Waals surface area contributed by atoms with Gasteiger partial charge in [-0.05, 0) is 43.9 Å². The van der Waals surface area contributed by atoms with Crippen molar-refractivity contribution < 1.29 is 14.4 Å². The summed E-state index contributed by atoms with van der Waals surface area (Å²) in [5.41, 5.74) is 3.82. The number of allylic oxidation sites excluding steroid dienone is 2.